The van der Waals surface area contributed by atoms with Crippen LogP contribution in [0.2, 0.25) is 5.02 Å². The fourth-order valence-corrected chi connectivity index (χ4v) is 1.14. The summed E-state index contributed by atoms with van der Waals surface area (Å²) in [6.45, 7) is 2.05. The summed E-state index contributed by atoms with van der Waals surface area (Å²) in [5, 5.41) is 8.90. The van der Waals surface area contributed by atoms with Crippen molar-refractivity contribution in [3.8, 4) is 5.75 Å². The highest BCUT2D eigenvalue weighted by atomic mass is 35.5. The molecule has 1 aromatic carbocycles. The maximum Gasteiger partial charge on any atom is 0.306 e. The van der Waals surface area contributed by atoms with Crippen LogP contribution in [0.15, 0.2) is 18.2 Å². The van der Waals surface area contributed by atoms with Gasteiger partial charge >= 0.3 is 5.97 Å². The Morgan fingerprint density at radius 1 is 1.57 bits per heavy atom. The molecule has 0 spiro atoms. The van der Waals surface area contributed by atoms with Crippen LogP contribution in [0, 0.1) is 6.92 Å². The Morgan fingerprint density at radius 2 is 2.29 bits per heavy atom. The van der Waals surface area contributed by atoms with Crippen LogP contribution in [-0.4, -0.2) is 17.7 Å². The van der Waals surface area contributed by atoms with E-state index in [-0.39, 0.29) is 13.0 Å². The Hall–Kier alpha value is -1.22. The largest absolute Gasteiger partial charge is 0.491 e. The molecule has 0 aliphatic rings. The van der Waals surface area contributed by atoms with Crippen molar-refractivity contribution >= 4 is 17.6 Å². The Bertz CT molecular complexity index is 336. The van der Waals surface area contributed by atoms with Gasteiger partial charge in [0, 0.05) is 0 Å². The number of aliphatic carboxylic acids is 1. The number of benzene rings is 1. The van der Waals surface area contributed by atoms with Crippen molar-refractivity contribution in [3.05, 3.63) is 28.8 Å². The van der Waals surface area contributed by atoms with Crippen LogP contribution in [0.5, 0.6) is 5.75 Å². The minimum absolute atomic E-state index is 0.0235. The van der Waals surface area contributed by atoms with Crippen LogP contribution in [0.1, 0.15) is 12.0 Å². The SMILES string of the molecule is Cc1ccc(Cl)c(OCCC(=O)O)c1. The third-order valence-electron chi connectivity index (χ3n) is 1.66. The molecule has 4 heteroatoms. The molecule has 0 fully saturated rings. The summed E-state index contributed by atoms with van der Waals surface area (Å²) in [6, 6.07) is 5.38. The molecular weight excluding hydrogens is 204 g/mol. The van der Waals surface area contributed by atoms with Gasteiger partial charge in [-0.1, -0.05) is 17.7 Å². The monoisotopic (exact) mass is 214 g/mol. The average molecular weight is 215 g/mol. The average Bonchev–Trinajstić information content (AvgIpc) is 2.10. The maximum atomic E-state index is 10.2. The van der Waals surface area contributed by atoms with E-state index < -0.39 is 5.97 Å². The highest BCUT2D eigenvalue weighted by Gasteiger charge is 2.02. The Labute approximate surface area is 87.3 Å². The van der Waals surface area contributed by atoms with Gasteiger partial charge in [-0.15, -0.1) is 0 Å². The first-order chi connectivity index (χ1) is 6.59. The van der Waals surface area contributed by atoms with Crippen molar-refractivity contribution in [2.45, 2.75) is 13.3 Å². The Kier molecular flexibility index (Phi) is 3.77. The molecule has 0 radical (unpaired) electrons. The zero-order chi connectivity index (χ0) is 10.6. The lowest BCUT2D eigenvalue weighted by Crippen LogP contribution is -2.05. The van der Waals surface area contributed by atoms with Gasteiger partial charge in [0.15, 0.2) is 0 Å². The molecule has 76 valence electrons. The van der Waals surface area contributed by atoms with E-state index in [2.05, 4.69) is 0 Å². The van der Waals surface area contributed by atoms with Gasteiger partial charge in [0.1, 0.15) is 5.75 Å². The van der Waals surface area contributed by atoms with Crippen LogP contribution in [0.25, 0.3) is 0 Å². The summed E-state index contributed by atoms with van der Waals surface area (Å²) >= 11 is 5.84. The van der Waals surface area contributed by atoms with E-state index in [0.717, 1.165) is 5.56 Å². The molecule has 3 nitrogen and oxygen atoms in total. The van der Waals surface area contributed by atoms with Crippen LogP contribution >= 0.6 is 11.6 Å². The predicted octanol–water partition coefficient (Wildman–Crippen LogP) is 2.50. The summed E-state index contributed by atoms with van der Waals surface area (Å²) in [7, 11) is 0. The minimum Gasteiger partial charge on any atom is -0.491 e. The number of carboxylic acids is 1. The molecule has 0 amide bonds. The molecule has 0 atom stereocenters. The molecule has 0 unspecified atom stereocenters. The van der Waals surface area contributed by atoms with E-state index in [1.165, 1.54) is 0 Å². The molecule has 0 bridgehead atoms. The lowest BCUT2D eigenvalue weighted by molar-refractivity contribution is -0.137. The van der Waals surface area contributed by atoms with Gasteiger partial charge in [-0.2, -0.15) is 0 Å². The van der Waals surface area contributed by atoms with Gasteiger partial charge in [-0.05, 0) is 24.6 Å². The van der Waals surface area contributed by atoms with Crippen LogP contribution in [-0.2, 0) is 4.79 Å². The summed E-state index contributed by atoms with van der Waals surface area (Å²) in [5.41, 5.74) is 1.03. The summed E-state index contributed by atoms with van der Waals surface area (Å²) in [5.74, 6) is -0.346. The molecule has 14 heavy (non-hydrogen) atoms. The topological polar surface area (TPSA) is 46.5 Å². The second-order valence-corrected chi connectivity index (χ2v) is 3.33. The molecule has 0 heterocycles. The minimum atomic E-state index is -0.881. The quantitative estimate of drug-likeness (QED) is 0.838. The molecule has 0 saturated heterocycles. The molecular formula is C10H11ClO3. The van der Waals surface area contributed by atoms with E-state index in [0.29, 0.717) is 10.8 Å². The highest BCUT2D eigenvalue weighted by molar-refractivity contribution is 6.32. The van der Waals surface area contributed by atoms with Crippen LogP contribution < -0.4 is 4.74 Å². The van der Waals surface area contributed by atoms with Gasteiger partial charge in [0.25, 0.3) is 0 Å². The first kappa shape index (κ1) is 10.9. The second-order valence-electron chi connectivity index (χ2n) is 2.93. The van der Waals surface area contributed by atoms with Gasteiger partial charge in [-0.25, -0.2) is 0 Å². The van der Waals surface area contributed by atoms with Crippen LogP contribution in [0.4, 0.5) is 0 Å². The zero-order valence-electron chi connectivity index (χ0n) is 7.79. The fraction of sp³-hybridized carbons (Fsp3) is 0.300. The zero-order valence-corrected chi connectivity index (χ0v) is 8.54. The van der Waals surface area contributed by atoms with E-state index in [4.69, 9.17) is 21.4 Å². The molecule has 1 aromatic rings. The molecule has 1 N–H and O–H groups in total. The van der Waals surface area contributed by atoms with Crippen molar-refractivity contribution in [1.29, 1.82) is 0 Å². The molecule has 1 rings (SSSR count). The van der Waals surface area contributed by atoms with Gasteiger partial charge in [-0.3, -0.25) is 4.79 Å². The van der Waals surface area contributed by atoms with Gasteiger partial charge < -0.3 is 9.84 Å². The van der Waals surface area contributed by atoms with Crippen molar-refractivity contribution in [2.75, 3.05) is 6.61 Å². The fourth-order valence-electron chi connectivity index (χ4n) is 0.969. The number of carboxylic acid groups (broad SMARTS) is 1. The molecule has 0 aliphatic heterocycles. The third-order valence-corrected chi connectivity index (χ3v) is 1.97. The van der Waals surface area contributed by atoms with Crippen molar-refractivity contribution < 1.29 is 14.6 Å². The lowest BCUT2D eigenvalue weighted by atomic mass is 10.2. The van der Waals surface area contributed by atoms with E-state index >= 15 is 0 Å². The summed E-state index contributed by atoms with van der Waals surface area (Å²) in [4.78, 5) is 10.2. The number of halogens is 1. The number of rotatable bonds is 4. The molecule has 0 aliphatic carbocycles. The normalized spacial score (nSPS) is 9.86. The molecule has 0 aromatic heterocycles. The third kappa shape index (κ3) is 3.26. The highest BCUT2D eigenvalue weighted by Crippen LogP contribution is 2.25. The first-order valence-electron chi connectivity index (χ1n) is 4.20. The van der Waals surface area contributed by atoms with E-state index in [9.17, 15) is 4.79 Å². The van der Waals surface area contributed by atoms with Gasteiger partial charge in [0.05, 0.1) is 18.1 Å². The summed E-state index contributed by atoms with van der Waals surface area (Å²) in [6.07, 6.45) is -0.0235. The van der Waals surface area contributed by atoms with Crippen molar-refractivity contribution in [3.63, 3.8) is 0 Å². The number of ether oxygens (including phenoxy) is 1. The molecule has 0 saturated carbocycles. The van der Waals surface area contributed by atoms with E-state index in [1.807, 2.05) is 13.0 Å². The van der Waals surface area contributed by atoms with E-state index in [1.54, 1.807) is 12.1 Å². The number of carbonyl (C=O) groups is 1. The maximum absolute atomic E-state index is 10.2. The Morgan fingerprint density at radius 3 is 2.93 bits per heavy atom. The number of aryl methyl sites for hydroxylation is 1. The number of hydrogen-bond donors (Lipinski definition) is 1. The standard InChI is InChI=1S/C10H11ClO3/c1-7-2-3-8(11)9(6-7)14-5-4-10(12)13/h2-3,6H,4-5H2,1H3,(H,12,13). The van der Waals surface area contributed by atoms with Crippen LogP contribution in [0.3, 0.4) is 0 Å². The summed E-state index contributed by atoms with van der Waals surface area (Å²) < 4.78 is 5.22. The number of hydrogen-bond acceptors (Lipinski definition) is 2. The van der Waals surface area contributed by atoms with Crippen molar-refractivity contribution in [1.82, 2.24) is 0 Å². The lowest BCUT2D eigenvalue weighted by Gasteiger charge is -2.07. The van der Waals surface area contributed by atoms with Crippen molar-refractivity contribution in [2.24, 2.45) is 0 Å². The smallest absolute Gasteiger partial charge is 0.306 e. The van der Waals surface area contributed by atoms with Gasteiger partial charge in [0.2, 0.25) is 0 Å². The predicted molar refractivity (Wildman–Crippen MR) is 53.9 cm³/mol. The second kappa shape index (κ2) is 4.86. The Balaban J connectivity index is 2.57. The first-order valence-corrected chi connectivity index (χ1v) is 4.58.